The highest BCUT2D eigenvalue weighted by atomic mass is 16.4. The number of rotatable bonds is 6. The van der Waals surface area contributed by atoms with Crippen LogP contribution in [-0.4, -0.2) is 29.2 Å². The molecule has 126 valence electrons. The van der Waals surface area contributed by atoms with Gasteiger partial charge < -0.3 is 15.5 Å². The van der Waals surface area contributed by atoms with Crippen molar-refractivity contribution in [3.05, 3.63) is 83.9 Å². The van der Waals surface area contributed by atoms with Gasteiger partial charge in [0.05, 0.1) is 0 Å². The minimum Gasteiger partial charge on any atom is -0.478 e. The van der Waals surface area contributed by atoms with Gasteiger partial charge in [-0.3, -0.25) is 0 Å². The zero-order valence-electron chi connectivity index (χ0n) is 13.4. The number of likely N-dealkylation sites (N-methyl/N-ethyl adjacent to an activating group) is 1. The van der Waals surface area contributed by atoms with Crippen molar-refractivity contribution >= 4 is 11.9 Å². The van der Waals surface area contributed by atoms with Gasteiger partial charge in [0, 0.05) is 18.2 Å². The number of hydrogen-bond acceptors (Lipinski definition) is 3. The van der Waals surface area contributed by atoms with Gasteiger partial charge in [-0.2, -0.15) is 0 Å². The van der Waals surface area contributed by atoms with E-state index in [-0.39, 0.29) is 0 Å². The second kappa shape index (κ2) is 10.7. The van der Waals surface area contributed by atoms with Crippen molar-refractivity contribution in [2.45, 2.75) is 12.5 Å². The van der Waals surface area contributed by atoms with Crippen LogP contribution in [0.1, 0.15) is 17.2 Å². The third kappa shape index (κ3) is 7.91. The minimum absolute atomic E-state index is 0.392. The van der Waals surface area contributed by atoms with E-state index in [1.54, 1.807) is 0 Å². The minimum atomic E-state index is -1.26. The largest absolute Gasteiger partial charge is 0.478 e. The maximum absolute atomic E-state index is 9.55. The van der Waals surface area contributed by atoms with Crippen molar-refractivity contribution in [2.24, 2.45) is 0 Å². The van der Waals surface area contributed by atoms with Crippen molar-refractivity contribution < 1.29 is 19.8 Å². The Bertz CT molecular complexity index is 638. The monoisotopic (exact) mass is 327 g/mol. The van der Waals surface area contributed by atoms with Gasteiger partial charge in [-0.25, -0.2) is 9.59 Å². The molecule has 0 heterocycles. The normalized spacial score (nSPS) is 11.4. The first-order valence-corrected chi connectivity index (χ1v) is 7.43. The van der Waals surface area contributed by atoms with E-state index in [9.17, 15) is 9.59 Å². The number of carbonyl (C=O) groups is 2. The molecule has 0 aliphatic rings. The molecule has 2 rings (SSSR count). The maximum Gasteiger partial charge on any atom is 0.328 e. The lowest BCUT2D eigenvalue weighted by Crippen LogP contribution is -2.18. The van der Waals surface area contributed by atoms with Gasteiger partial charge in [0.2, 0.25) is 0 Å². The van der Waals surface area contributed by atoms with Crippen LogP contribution >= 0.6 is 0 Å². The summed E-state index contributed by atoms with van der Waals surface area (Å²) in [6, 6.07) is 21.5. The van der Waals surface area contributed by atoms with E-state index in [1.165, 1.54) is 11.1 Å². The summed E-state index contributed by atoms with van der Waals surface area (Å²) in [5.74, 6) is -2.51. The molecule has 0 aromatic heterocycles. The van der Waals surface area contributed by atoms with E-state index in [0.717, 1.165) is 6.42 Å². The molecule has 5 heteroatoms. The summed E-state index contributed by atoms with van der Waals surface area (Å²) < 4.78 is 0. The first kappa shape index (κ1) is 19.1. The standard InChI is InChI=1S/C15H17N.C4H4O4/c1-16-15(14-10-6-3-7-11-14)12-13-8-4-2-5-9-13;5-3(6)1-2-4(7)8/h2-11,15-16H,12H2,1H3;1-2H,(H,5,6)(H,7,8)/b;2-1-. The zero-order chi connectivity index (χ0) is 17.8. The molecule has 1 unspecified atom stereocenters. The summed E-state index contributed by atoms with van der Waals surface area (Å²) in [5.41, 5.74) is 2.71. The van der Waals surface area contributed by atoms with Gasteiger partial charge in [0.25, 0.3) is 0 Å². The van der Waals surface area contributed by atoms with Crippen LogP contribution in [-0.2, 0) is 16.0 Å². The Kier molecular flexibility index (Phi) is 8.57. The van der Waals surface area contributed by atoms with Crippen LogP contribution in [0.2, 0.25) is 0 Å². The lowest BCUT2D eigenvalue weighted by atomic mass is 9.99. The van der Waals surface area contributed by atoms with E-state index < -0.39 is 11.9 Å². The van der Waals surface area contributed by atoms with Crippen LogP contribution < -0.4 is 5.32 Å². The van der Waals surface area contributed by atoms with Crippen molar-refractivity contribution in [3.63, 3.8) is 0 Å². The molecule has 2 aromatic rings. The highest BCUT2D eigenvalue weighted by Crippen LogP contribution is 2.17. The Morgan fingerprint density at radius 3 is 1.79 bits per heavy atom. The van der Waals surface area contributed by atoms with E-state index in [1.807, 2.05) is 7.05 Å². The Morgan fingerprint density at radius 2 is 1.38 bits per heavy atom. The fraction of sp³-hybridized carbons (Fsp3) is 0.158. The van der Waals surface area contributed by atoms with Crippen molar-refractivity contribution in [2.75, 3.05) is 7.05 Å². The summed E-state index contributed by atoms with van der Waals surface area (Å²) in [4.78, 5) is 19.1. The fourth-order valence-corrected chi connectivity index (χ4v) is 2.06. The molecule has 0 bridgehead atoms. The van der Waals surface area contributed by atoms with Gasteiger partial charge in [0.1, 0.15) is 0 Å². The second-order valence-electron chi connectivity index (χ2n) is 4.95. The SMILES string of the molecule is CNC(Cc1ccccc1)c1ccccc1.O=C(O)/C=C\C(=O)O. The van der Waals surface area contributed by atoms with Crippen LogP contribution in [0.25, 0.3) is 0 Å². The quantitative estimate of drug-likeness (QED) is 0.710. The molecule has 3 N–H and O–H groups in total. The summed E-state index contributed by atoms with van der Waals surface area (Å²) in [5, 5.41) is 19.0. The molecule has 5 nitrogen and oxygen atoms in total. The number of aliphatic carboxylic acids is 2. The molecule has 24 heavy (non-hydrogen) atoms. The van der Waals surface area contributed by atoms with E-state index in [2.05, 4.69) is 66.0 Å². The van der Waals surface area contributed by atoms with Crippen molar-refractivity contribution in [3.8, 4) is 0 Å². The van der Waals surface area contributed by atoms with Crippen LogP contribution in [0, 0.1) is 0 Å². The zero-order valence-corrected chi connectivity index (χ0v) is 13.4. The predicted octanol–water partition coefficient (Wildman–Crippen LogP) is 2.90. The highest BCUT2D eigenvalue weighted by Gasteiger charge is 2.08. The van der Waals surface area contributed by atoms with Crippen LogP contribution in [0.4, 0.5) is 0 Å². The first-order valence-electron chi connectivity index (χ1n) is 7.43. The molecule has 0 saturated carbocycles. The average Bonchev–Trinajstić information content (AvgIpc) is 2.60. The average molecular weight is 327 g/mol. The predicted molar refractivity (Wildman–Crippen MR) is 92.8 cm³/mol. The molecule has 0 saturated heterocycles. The van der Waals surface area contributed by atoms with Gasteiger partial charge >= 0.3 is 11.9 Å². The third-order valence-electron chi connectivity index (χ3n) is 3.20. The molecule has 0 fully saturated rings. The molecule has 0 spiro atoms. The first-order chi connectivity index (χ1) is 11.5. The topological polar surface area (TPSA) is 86.6 Å². The molecular weight excluding hydrogens is 306 g/mol. The van der Waals surface area contributed by atoms with Gasteiger partial charge in [0.15, 0.2) is 0 Å². The molecular formula is C19H21NO4. The number of nitrogens with one attached hydrogen (secondary N) is 1. The van der Waals surface area contributed by atoms with Crippen LogP contribution in [0.3, 0.4) is 0 Å². The van der Waals surface area contributed by atoms with Gasteiger partial charge in [-0.1, -0.05) is 60.7 Å². The molecule has 0 radical (unpaired) electrons. The second-order valence-corrected chi connectivity index (χ2v) is 4.95. The molecule has 1 atom stereocenters. The van der Waals surface area contributed by atoms with E-state index in [0.29, 0.717) is 18.2 Å². The van der Waals surface area contributed by atoms with Gasteiger partial charge in [-0.05, 0) is 24.6 Å². The van der Waals surface area contributed by atoms with Crippen molar-refractivity contribution in [1.29, 1.82) is 0 Å². The van der Waals surface area contributed by atoms with Crippen molar-refractivity contribution in [1.82, 2.24) is 5.32 Å². The Labute approximate surface area is 141 Å². The van der Waals surface area contributed by atoms with Crippen LogP contribution in [0.15, 0.2) is 72.8 Å². The maximum atomic E-state index is 9.55. The number of hydrogen-bond donors (Lipinski definition) is 3. The Hall–Kier alpha value is -2.92. The van der Waals surface area contributed by atoms with Crippen LogP contribution in [0.5, 0.6) is 0 Å². The fourth-order valence-electron chi connectivity index (χ4n) is 2.06. The molecule has 0 aliphatic heterocycles. The Morgan fingerprint density at radius 1 is 0.917 bits per heavy atom. The molecule has 2 aromatic carbocycles. The van der Waals surface area contributed by atoms with Gasteiger partial charge in [-0.15, -0.1) is 0 Å². The lowest BCUT2D eigenvalue weighted by molar-refractivity contribution is -0.134. The molecule has 0 aliphatic carbocycles. The number of carboxylic acids is 2. The summed E-state index contributed by atoms with van der Waals surface area (Å²) >= 11 is 0. The smallest absolute Gasteiger partial charge is 0.328 e. The highest BCUT2D eigenvalue weighted by molar-refractivity contribution is 5.89. The number of benzene rings is 2. The lowest BCUT2D eigenvalue weighted by Gasteiger charge is -2.16. The number of carboxylic acid groups (broad SMARTS) is 2. The summed E-state index contributed by atoms with van der Waals surface area (Å²) in [7, 11) is 2.01. The Balaban J connectivity index is 0.000000307. The molecule has 0 amide bonds. The van der Waals surface area contributed by atoms with E-state index in [4.69, 9.17) is 10.2 Å². The third-order valence-corrected chi connectivity index (χ3v) is 3.20. The summed E-state index contributed by atoms with van der Waals surface area (Å²) in [6.45, 7) is 0. The van der Waals surface area contributed by atoms with E-state index >= 15 is 0 Å². The summed E-state index contributed by atoms with van der Waals surface area (Å²) in [6.07, 6.45) is 2.14.